The van der Waals surface area contributed by atoms with Crippen LogP contribution in [0.25, 0.3) is 21.9 Å². The first-order chi connectivity index (χ1) is 16.3. The van der Waals surface area contributed by atoms with Crippen LogP contribution in [0.2, 0.25) is 0 Å². The van der Waals surface area contributed by atoms with E-state index in [4.69, 9.17) is 4.98 Å². The van der Waals surface area contributed by atoms with Crippen molar-refractivity contribution in [1.29, 1.82) is 0 Å². The summed E-state index contributed by atoms with van der Waals surface area (Å²) in [5, 5.41) is 1.19. The molecule has 2 aromatic carbocycles. The number of hydrogen-bond acceptors (Lipinski definition) is 4. The van der Waals surface area contributed by atoms with Crippen molar-refractivity contribution in [2.45, 2.75) is 44.2 Å². The molecule has 9 heteroatoms. The Kier molecular flexibility index (Phi) is 5.69. The number of aromatic amines is 1. The Labute approximate surface area is 199 Å². The Morgan fingerprint density at radius 1 is 1.18 bits per heavy atom. The van der Waals surface area contributed by atoms with Gasteiger partial charge in [-0.3, -0.25) is 4.79 Å². The number of nitrogens with one attached hydrogen (secondary N) is 1. The van der Waals surface area contributed by atoms with Gasteiger partial charge in [0.1, 0.15) is 5.82 Å². The second-order valence-corrected chi connectivity index (χ2v) is 11.1. The number of carbonyl (C=O) groups excluding carboxylic acids is 1. The minimum Gasteiger partial charge on any atom is -0.358 e. The normalized spacial score (nSPS) is 14.3. The average molecular weight is 480 g/mol. The number of rotatable bonds is 6. The summed E-state index contributed by atoms with van der Waals surface area (Å²) >= 11 is 0. The van der Waals surface area contributed by atoms with Gasteiger partial charge in [-0.25, -0.2) is 17.7 Å². The summed E-state index contributed by atoms with van der Waals surface area (Å²) in [6.07, 6.45) is 1.70. The summed E-state index contributed by atoms with van der Waals surface area (Å²) in [5.41, 5.74) is 5.07. The molecule has 34 heavy (non-hydrogen) atoms. The molecule has 1 aliphatic heterocycles. The lowest BCUT2D eigenvalue weighted by Crippen LogP contribution is -2.36. The van der Waals surface area contributed by atoms with Crippen LogP contribution in [-0.4, -0.2) is 58.7 Å². The van der Waals surface area contributed by atoms with Gasteiger partial charge >= 0.3 is 0 Å². The highest BCUT2D eigenvalue weighted by molar-refractivity contribution is 7.89. The summed E-state index contributed by atoms with van der Waals surface area (Å²) in [4.78, 5) is 23.5. The lowest BCUT2D eigenvalue weighted by atomic mass is 10.0. The number of amides is 1. The van der Waals surface area contributed by atoms with Crippen molar-refractivity contribution in [3.63, 3.8) is 0 Å². The van der Waals surface area contributed by atoms with E-state index in [0.29, 0.717) is 38.0 Å². The second kappa shape index (κ2) is 8.56. The fourth-order valence-corrected chi connectivity index (χ4v) is 5.75. The fraction of sp³-hybridized carbons (Fsp3) is 0.360. The summed E-state index contributed by atoms with van der Waals surface area (Å²) in [6.45, 7) is 4.05. The zero-order valence-electron chi connectivity index (χ0n) is 19.7. The third-order valence-electron chi connectivity index (χ3n) is 6.69. The molecule has 0 spiro atoms. The minimum absolute atomic E-state index is 0.113. The number of H-pyrrole nitrogens is 1. The van der Waals surface area contributed by atoms with Crippen LogP contribution < -0.4 is 0 Å². The van der Waals surface area contributed by atoms with Crippen LogP contribution in [0.15, 0.2) is 47.4 Å². The van der Waals surface area contributed by atoms with Gasteiger partial charge in [0.2, 0.25) is 15.9 Å². The lowest BCUT2D eigenvalue weighted by Gasteiger charge is -2.27. The molecule has 4 aromatic rings. The van der Waals surface area contributed by atoms with Crippen LogP contribution in [0.4, 0.5) is 0 Å². The molecule has 178 valence electrons. The second-order valence-electron chi connectivity index (χ2n) is 8.90. The van der Waals surface area contributed by atoms with E-state index in [1.807, 2.05) is 24.0 Å². The Balaban J connectivity index is 1.35. The molecule has 0 saturated carbocycles. The van der Waals surface area contributed by atoms with E-state index in [1.54, 1.807) is 18.2 Å². The Bertz CT molecular complexity index is 1500. The number of imidazole rings is 1. The van der Waals surface area contributed by atoms with Gasteiger partial charge in [0, 0.05) is 75.2 Å². The molecule has 8 nitrogen and oxygen atoms in total. The average Bonchev–Trinajstić information content (AvgIpc) is 3.38. The number of hydrogen-bond donors (Lipinski definition) is 1. The number of para-hydroxylation sites is 1. The molecular weight excluding hydrogens is 450 g/mol. The first-order valence-corrected chi connectivity index (χ1v) is 13.0. The smallest absolute Gasteiger partial charge is 0.242 e. The van der Waals surface area contributed by atoms with Crippen molar-refractivity contribution >= 4 is 37.9 Å². The van der Waals surface area contributed by atoms with Crippen LogP contribution in [-0.2, 0) is 40.7 Å². The van der Waals surface area contributed by atoms with Gasteiger partial charge in [-0.1, -0.05) is 18.2 Å². The lowest BCUT2D eigenvalue weighted by molar-refractivity contribution is -0.132. The number of nitrogens with zero attached hydrogens (tertiary/aromatic N) is 4. The van der Waals surface area contributed by atoms with Gasteiger partial charge in [0.05, 0.1) is 15.9 Å². The summed E-state index contributed by atoms with van der Waals surface area (Å²) in [7, 11) is -0.504. The molecule has 1 N–H and O–H groups in total. The van der Waals surface area contributed by atoms with E-state index < -0.39 is 10.0 Å². The number of benzene rings is 2. The minimum atomic E-state index is -3.53. The van der Waals surface area contributed by atoms with Gasteiger partial charge < -0.3 is 14.5 Å². The van der Waals surface area contributed by atoms with E-state index >= 15 is 0 Å². The zero-order chi connectivity index (χ0) is 24.0. The number of sulfonamides is 1. The maximum Gasteiger partial charge on any atom is 0.242 e. The van der Waals surface area contributed by atoms with Crippen molar-refractivity contribution in [2.24, 2.45) is 0 Å². The third kappa shape index (κ3) is 3.78. The highest BCUT2D eigenvalue weighted by Crippen LogP contribution is 2.28. The van der Waals surface area contributed by atoms with Crippen molar-refractivity contribution in [2.75, 3.05) is 20.6 Å². The molecular formula is C25H29N5O3S. The Hall–Kier alpha value is -3.17. The molecule has 0 fully saturated rings. The van der Waals surface area contributed by atoms with Crippen LogP contribution in [0, 0.1) is 0 Å². The molecule has 0 bridgehead atoms. The predicted molar refractivity (Wildman–Crippen MR) is 132 cm³/mol. The van der Waals surface area contributed by atoms with Crippen LogP contribution >= 0.6 is 0 Å². The van der Waals surface area contributed by atoms with Gasteiger partial charge in [-0.2, -0.15) is 0 Å². The summed E-state index contributed by atoms with van der Waals surface area (Å²) in [5.74, 6) is 0.913. The van der Waals surface area contributed by atoms with E-state index in [1.165, 1.54) is 35.0 Å². The number of aromatic nitrogens is 3. The number of carbonyl (C=O) groups is 1. The first kappa shape index (κ1) is 22.6. The largest absolute Gasteiger partial charge is 0.358 e. The van der Waals surface area contributed by atoms with Crippen molar-refractivity contribution < 1.29 is 13.2 Å². The maximum absolute atomic E-state index is 13.1. The summed E-state index contributed by atoms with van der Waals surface area (Å²) < 4.78 is 28.3. The van der Waals surface area contributed by atoms with Gasteiger partial charge in [0.25, 0.3) is 0 Å². The van der Waals surface area contributed by atoms with E-state index in [-0.39, 0.29) is 10.8 Å². The van der Waals surface area contributed by atoms with E-state index in [9.17, 15) is 13.2 Å². The van der Waals surface area contributed by atoms with Crippen molar-refractivity contribution in [3.8, 4) is 0 Å². The Morgan fingerprint density at radius 3 is 2.74 bits per heavy atom. The zero-order valence-corrected chi connectivity index (χ0v) is 20.5. The topological polar surface area (TPSA) is 91.3 Å². The molecule has 3 heterocycles. The highest BCUT2D eigenvalue weighted by Gasteiger charge is 2.25. The fourth-order valence-electron chi connectivity index (χ4n) is 4.83. The van der Waals surface area contributed by atoms with E-state index in [0.717, 1.165) is 23.3 Å². The molecule has 1 amide bonds. The molecule has 2 aromatic heterocycles. The first-order valence-electron chi connectivity index (χ1n) is 11.6. The van der Waals surface area contributed by atoms with Gasteiger partial charge in [-0.05, 0) is 31.2 Å². The quantitative estimate of drug-likeness (QED) is 0.459. The third-order valence-corrected chi connectivity index (χ3v) is 8.50. The maximum atomic E-state index is 13.1. The number of aryl methyl sites for hydroxylation is 2. The Morgan fingerprint density at radius 2 is 1.97 bits per heavy atom. The van der Waals surface area contributed by atoms with Crippen molar-refractivity contribution in [1.82, 2.24) is 23.7 Å². The monoisotopic (exact) mass is 479 g/mol. The molecule has 0 unspecified atom stereocenters. The predicted octanol–water partition coefficient (Wildman–Crippen LogP) is 3.31. The standard InChI is InChI=1S/C25H29N5O3S/c1-4-30-23-10-9-17(34(32,33)28(2)3)15-22(23)27-24(30)11-12-25(31)29-14-13-21-19(16-29)18-7-5-6-8-20(18)26-21/h5-10,15,26H,4,11-14,16H2,1-3H3. The molecule has 1 aliphatic rings. The van der Waals surface area contributed by atoms with E-state index in [2.05, 4.69) is 21.7 Å². The molecule has 0 radical (unpaired) electrons. The van der Waals surface area contributed by atoms with Crippen LogP contribution in [0.1, 0.15) is 30.4 Å². The van der Waals surface area contributed by atoms with Gasteiger partial charge in [0.15, 0.2) is 0 Å². The van der Waals surface area contributed by atoms with Gasteiger partial charge in [-0.15, -0.1) is 0 Å². The summed E-state index contributed by atoms with van der Waals surface area (Å²) in [6, 6.07) is 13.3. The SMILES string of the molecule is CCn1c(CCC(=O)N2CCc3[nH]c4ccccc4c3C2)nc2cc(S(=O)(=O)N(C)C)ccc21. The van der Waals surface area contributed by atoms with Crippen molar-refractivity contribution in [3.05, 3.63) is 59.5 Å². The molecule has 5 rings (SSSR count). The molecule has 0 aliphatic carbocycles. The molecule has 0 saturated heterocycles. The highest BCUT2D eigenvalue weighted by atomic mass is 32.2. The van der Waals surface area contributed by atoms with Crippen LogP contribution in [0.3, 0.4) is 0 Å². The molecule has 0 atom stereocenters. The number of fused-ring (bicyclic) bond motifs is 4. The van der Waals surface area contributed by atoms with Crippen LogP contribution in [0.5, 0.6) is 0 Å².